The molecule has 2 atom stereocenters. The number of amides is 1. The van der Waals surface area contributed by atoms with Crippen LogP contribution in [0.15, 0.2) is 51.2 Å². The van der Waals surface area contributed by atoms with Crippen LogP contribution in [0.4, 0.5) is 13.2 Å². The maximum absolute atomic E-state index is 13.1. The molecule has 3 aromatic rings. The average Bonchev–Trinajstić information content (AvgIpc) is 3.24. The van der Waals surface area contributed by atoms with Gasteiger partial charge in [0.1, 0.15) is 15.4 Å². The Balaban J connectivity index is 1.32. The van der Waals surface area contributed by atoms with E-state index in [9.17, 15) is 36.3 Å². The molecule has 0 bridgehead atoms. The van der Waals surface area contributed by atoms with Gasteiger partial charge in [0, 0.05) is 25.1 Å². The number of thiophene rings is 1. The minimum absolute atomic E-state index is 0.0150. The average molecular weight is 586 g/mol. The molecule has 3 heterocycles. The Kier molecular flexibility index (Phi) is 7.03. The summed E-state index contributed by atoms with van der Waals surface area (Å²) in [6, 6.07) is 9.90. The van der Waals surface area contributed by atoms with E-state index >= 15 is 0 Å². The quantitative estimate of drug-likeness (QED) is 0.411. The molecular weight excluding hydrogens is 563 g/mol. The number of hydrogen-bond donors (Lipinski definition) is 2. The van der Waals surface area contributed by atoms with Gasteiger partial charge in [0.05, 0.1) is 24.5 Å². The minimum atomic E-state index is -4.75. The lowest BCUT2D eigenvalue weighted by atomic mass is 10.0. The molecule has 2 aliphatic rings. The number of rotatable bonds is 8. The van der Waals surface area contributed by atoms with Gasteiger partial charge in [-0.1, -0.05) is 29.4 Å². The molecule has 5 rings (SSSR count). The van der Waals surface area contributed by atoms with Gasteiger partial charge >= 0.3 is 12.1 Å². The highest BCUT2D eigenvalue weighted by molar-refractivity contribution is 7.91. The van der Waals surface area contributed by atoms with E-state index < -0.39 is 39.4 Å². The maximum Gasteiger partial charge on any atom is 0.452 e. The molecule has 10 nitrogen and oxygen atoms in total. The van der Waals surface area contributed by atoms with E-state index in [1.807, 2.05) is 0 Å². The molecular formula is C24H22F3N3O7S2. The van der Waals surface area contributed by atoms with Gasteiger partial charge in [-0.05, 0) is 29.7 Å². The highest BCUT2D eigenvalue weighted by atomic mass is 32.2. The number of nitrogens with one attached hydrogen (secondary N) is 1. The number of halogens is 3. The third-order valence-electron chi connectivity index (χ3n) is 6.62. The summed E-state index contributed by atoms with van der Waals surface area (Å²) in [6.07, 6.45) is -4.65. The number of benzene rings is 1. The van der Waals surface area contributed by atoms with Crippen molar-refractivity contribution in [2.24, 2.45) is 0 Å². The highest BCUT2D eigenvalue weighted by Gasteiger charge is 2.63. The number of aromatic nitrogens is 1. The number of carbonyl (C=O) groups is 2. The number of nitrogens with zero attached hydrogens (tertiary/aromatic N) is 2. The fourth-order valence-corrected chi connectivity index (χ4v) is 7.16. The van der Waals surface area contributed by atoms with E-state index in [1.165, 1.54) is 6.07 Å². The zero-order chi connectivity index (χ0) is 28.0. The third-order valence-corrected chi connectivity index (χ3v) is 9.73. The summed E-state index contributed by atoms with van der Waals surface area (Å²) in [4.78, 5) is 26.7. The molecule has 39 heavy (non-hydrogen) atoms. The third kappa shape index (κ3) is 5.57. The van der Waals surface area contributed by atoms with Crippen molar-refractivity contribution in [3.63, 3.8) is 0 Å². The minimum Gasteiger partial charge on any atom is -0.480 e. The number of carboxylic acid groups (broad SMARTS) is 1. The SMILES string of the molecule is O=C(Cc1cccc([C@@H]2C[C@]2(NS(=O)(=O)c2ccc(-c3cc(C(F)(F)F)on3)s2)C(=O)O)c1)N1CCOCC1. The van der Waals surface area contributed by atoms with E-state index in [-0.39, 0.29) is 33.5 Å². The molecule has 2 fully saturated rings. The number of aliphatic carboxylic acids is 1. The molecule has 1 saturated heterocycles. The van der Waals surface area contributed by atoms with E-state index in [0.717, 1.165) is 6.07 Å². The number of hydrogen-bond acceptors (Lipinski definition) is 8. The largest absolute Gasteiger partial charge is 0.480 e. The second-order valence-corrected chi connectivity index (χ2v) is 12.2. The first kappa shape index (κ1) is 27.3. The van der Waals surface area contributed by atoms with Crippen LogP contribution in [-0.4, -0.2) is 67.3 Å². The lowest BCUT2D eigenvalue weighted by Crippen LogP contribution is -2.44. The van der Waals surface area contributed by atoms with Gasteiger partial charge in [-0.15, -0.1) is 11.3 Å². The summed E-state index contributed by atoms with van der Waals surface area (Å²) in [5.74, 6) is -3.46. The standard InChI is InChI=1S/C24H22F3N3O7S2/c25-24(26,27)19-12-17(28-37-19)18-4-5-21(38-18)39(34,35)29-23(22(32)33)13-16(23)15-3-1-2-14(10-15)11-20(31)30-6-8-36-9-7-30/h1-5,10,12,16,29H,6-9,11,13H2,(H,32,33)/t16-,23+/m0/s1. The fraction of sp³-hybridized carbons (Fsp3) is 0.375. The lowest BCUT2D eigenvalue weighted by molar-refractivity contribution is -0.155. The number of carboxylic acids is 1. The smallest absolute Gasteiger partial charge is 0.452 e. The number of morpholine rings is 1. The number of sulfonamides is 1. The van der Waals surface area contributed by atoms with Gasteiger partial charge in [0.2, 0.25) is 11.7 Å². The fourth-order valence-electron chi connectivity index (χ4n) is 4.49. The van der Waals surface area contributed by atoms with Crippen molar-refractivity contribution in [3.8, 4) is 10.6 Å². The predicted octanol–water partition coefficient (Wildman–Crippen LogP) is 3.11. The molecule has 1 aliphatic carbocycles. The normalized spacial score (nSPS) is 21.6. The molecule has 0 spiro atoms. The van der Waals surface area contributed by atoms with Crippen LogP contribution in [0.1, 0.15) is 29.2 Å². The lowest BCUT2D eigenvalue weighted by Gasteiger charge is -2.27. The van der Waals surface area contributed by atoms with Crippen molar-refractivity contribution in [2.75, 3.05) is 26.3 Å². The van der Waals surface area contributed by atoms with Gasteiger partial charge in [0.15, 0.2) is 0 Å². The van der Waals surface area contributed by atoms with Gasteiger partial charge < -0.3 is 19.3 Å². The van der Waals surface area contributed by atoms with Crippen molar-refractivity contribution in [1.29, 1.82) is 0 Å². The predicted molar refractivity (Wildman–Crippen MR) is 130 cm³/mol. The van der Waals surface area contributed by atoms with Crippen LogP contribution in [0, 0.1) is 0 Å². The van der Waals surface area contributed by atoms with E-state index in [0.29, 0.717) is 54.8 Å². The molecule has 0 unspecified atom stereocenters. The second kappa shape index (κ2) is 10.0. The first-order valence-corrected chi connectivity index (χ1v) is 14.0. The van der Waals surface area contributed by atoms with Gasteiger partial charge in [-0.25, -0.2) is 8.42 Å². The van der Waals surface area contributed by atoms with Crippen LogP contribution < -0.4 is 4.72 Å². The van der Waals surface area contributed by atoms with Gasteiger partial charge in [-0.3, -0.25) is 9.59 Å². The van der Waals surface area contributed by atoms with Gasteiger partial charge in [0.25, 0.3) is 10.0 Å². The highest BCUT2D eigenvalue weighted by Crippen LogP contribution is 2.53. The topological polar surface area (TPSA) is 139 Å². The summed E-state index contributed by atoms with van der Waals surface area (Å²) in [7, 11) is -4.36. The maximum atomic E-state index is 13.1. The summed E-state index contributed by atoms with van der Waals surface area (Å²) in [6.45, 7) is 1.92. The monoisotopic (exact) mass is 585 g/mol. The molecule has 2 aromatic heterocycles. The van der Waals surface area contributed by atoms with Crippen LogP contribution in [-0.2, 0) is 36.9 Å². The Bertz CT molecular complexity index is 1510. The number of alkyl halides is 3. The van der Waals surface area contributed by atoms with Crippen molar-refractivity contribution in [3.05, 3.63) is 59.4 Å². The molecule has 15 heteroatoms. The Morgan fingerprint density at radius 1 is 1.18 bits per heavy atom. The summed E-state index contributed by atoms with van der Waals surface area (Å²) >= 11 is 0.633. The summed E-state index contributed by atoms with van der Waals surface area (Å²) in [5, 5.41) is 13.3. The first-order chi connectivity index (χ1) is 18.4. The van der Waals surface area contributed by atoms with Crippen molar-refractivity contribution >= 4 is 33.2 Å². The van der Waals surface area contributed by atoms with Crippen LogP contribution in [0.25, 0.3) is 10.6 Å². The Morgan fingerprint density at radius 2 is 1.92 bits per heavy atom. The zero-order valence-electron chi connectivity index (χ0n) is 20.1. The number of ether oxygens (including phenoxy) is 1. The molecule has 1 aliphatic heterocycles. The van der Waals surface area contributed by atoms with E-state index in [1.54, 1.807) is 29.2 Å². The molecule has 208 valence electrons. The molecule has 1 saturated carbocycles. The molecule has 2 N–H and O–H groups in total. The molecule has 1 aromatic carbocycles. The first-order valence-electron chi connectivity index (χ1n) is 11.7. The van der Waals surface area contributed by atoms with Crippen molar-refractivity contribution in [1.82, 2.24) is 14.8 Å². The zero-order valence-corrected chi connectivity index (χ0v) is 21.7. The van der Waals surface area contributed by atoms with Crippen molar-refractivity contribution < 1.29 is 45.5 Å². The second-order valence-electron chi connectivity index (χ2n) is 9.25. The Hall–Kier alpha value is -3.27. The van der Waals surface area contributed by atoms with Crippen LogP contribution in [0.5, 0.6) is 0 Å². The molecule has 0 radical (unpaired) electrons. The van der Waals surface area contributed by atoms with Crippen LogP contribution >= 0.6 is 11.3 Å². The summed E-state index contributed by atoms with van der Waals surface area (Å²) in [5.41, 5.74) is -0.768. The van der Waals surface area contributed by atoms with Gasteiger partial charge in [-0.2, -0.15) is 17.9 Å². The van der Waals surface area contributed by atoms with E-state index in [4.69, 9.17) is 4.74 Å². The Labute approximate surface area is 224 Å². The van der Waals surface area contributed by atoms with Crippen LogP contribution in [0.2, 0.25) is 0 Å². The van der Waals surface area contributed by atoms with E-state index in [2.05, 4.69) is 14.4 Å². The Morgan fingerprint density at radius 3 is 2.59 bits per heavy atom. The summed E-state index contributed by atoms with van der Waals surface area (Å²) < 4.78 is 76.2. The number of carbonyl (C=O) groups excluding carboxylic acids is 1. The van der Waals surface area contributed by atoms with Crippen molar-refractivity contribution in [2.45, 2.75) is 34.7 Å². The van der Waals surface area contributed by atoms with Crippen LogP contribution in [0.3, 0.4) is 0 Å². The molecule has 1 amide bonds.